The van der Waals surface area contributed by atoms with Gasteiger partial charge in [0.15, 0.2) is 0 Å². The van der Waals surface area contributed by atoms with E-state index < -0.39 is 36.0 Å². The van der Waals surface area contributed by atoms with Crippen LogP contribution in [0.5, 0.6) is 0 Å². The molecule has 1 amide bonds. The Kier molecular flexibility index (Phi) is 5.61. The van der Waals surface area contributed by atoms with Gasteiger partial charge in [0.25, 0.3) is 0 Å². The summed E-state index contributed by atoms with van der Waals surface area (Å²) in [7, 11) is 0. The zero-order chi connectivity index (χ0) is 15.3. The lowest BCUT2D eigenvalue weighted by Gasteiger charge is -2.20. The molecule has 0 spiro atoms. The number of nitrogens with one attached hydrogen (secondary N) is 1. The zero-order valence-electron chi connectivity index (χ0n) is 11.3. The zero-order valence-corrected chi connectivity index (χ0v) is 11.3. The molecule has 0 saturated heterocycles. The van der Waals surface area contributed by atoms with Gasteiger partial charge < -0.3 is 10.4 Å². The van der Waals surface area contributed by atoms with Crippen LogP contribution in [0.1, 0.15) is 25.8 Å². The first-order chi connectivity index (χ1) is 9.31. The molecule has 1 unspecified atom stereocenters. The first kappa shape index (κ1) is 16.1. The molecule has 6 heteroatoms. The van der Waals surface area contributed by atoms with Crippen LogP contribution in [-0.4, -0.2) is 23.0 Å². The fourth-order valence-corrected chi connectivity index (χ4v) is 1.76. The molecule has 0 saturated carbocycles. The van der Waals surface area contributed by atoms with Gasteiger partial charge >= 0.3 is 5.97 Å². The van der Waals surface area contributed by atoms with Gasteiger partial charge in [-0.25, -0.2) is 8.78 Å². The van der Waals surface area contributed by atoms with Crippen LogP contribution in [0.3, 0.4) is 0 Å². The third-order valence-corrected chi connectivity index (χ3v) is 2.94. The van der Waals surface area contributed by atoms with Gasteiger partial charge in [-0.1, -0.05) is 19.9 Å². The lowest BCUT2D eigenvalue weighted by molar-refractivity contribution is -0.138. The van der Waals surface area contributed by atoms with E-state index in [1.807, 2.05) is 0 Å². The van der Waals surface area contributed by atoms with E-state index in [0.29, 0.717) is 0 Å². The van der Waals surface area contributed by atoms with E-state index in [4.69, 9.17) is 5.11 Å². The summed E-state index contributed by atoms with van der Waals surface area (Å²) in [5, 5.41) is 11.2. The first-order valence-corrected chi connectivity index (χ1v) is 6.25. The Balaban J connectivity index is 2.73. The minimum Gasteiger partial charge on any atom is -0.481 e. The lowest BCUT2D eigenvalue weighted by atomic mass is 10.0. The maximum Gasteiger partial charge on any atom is 0.305 e. The summed E-state index contributed by atoms with van der Waals surface area (Å²) in [6, 6.07) is 2.79. The van der Waals surface area contributed by atoms with Crippen LogP contribution < -0.4 is 5.32 Å². The van der Waals surface area contributed by atoms with Gasteiger partial charge in [0.1, 0.15) is 11.6 Å². The van der Waals surface area contributed by atoms with Crippen molar-refractivity contribution in [1.29, 1.82) is 0 Å². The van der Waals surface area contributed by atoms with Crippen LogP contribution in [0.25, 0.3) is 0 Å². The van der Waals surface area contributed by atoms with Crippen molar-refractivity contribution in [3.8, 4) is 0 Å². The number of rotatable bonds is 6. The van der Waals surface area contributed by atoms with Crippen molar-refractivity contribution in [2.45, 2.75) is 32.7 Å². The van der Waals surface area contributed by atoms with Crippen molar-refractivity contribution >= 4 is 11.9 Å². The molecule has 0 aliphatic rings. The Morgan fingerprint density at radius 1 is 1.25 bits per heavy atom. The van der Waals surface area contributed by atoms with Crippen LogP contribution in [0.4, 0.5) is 8.78 Å². The van der Waals surface area contributed by atoms with Crippen molar-refractivity contribution in [3.63, 3.8) is 0 Å². The normalized spacial score (nSPS) is 12.2. The van der Waals surface area contributed by atoms with Crippen LogP contribution in [-0.2, 0) is 16.0 Å². The van der Waals surface area contributed by atoms with Crippen molar-refractivity contribution < 1.29 is 23.5 Å². The van der Waals surface area contributed by atoms with Crippen LogP contribution in [0.2, 0.25) is 0 Å². The highest BCUT2D eigenvalue weighted by atomic mass is 19.1. The maximum atomic E-state index is 13.4. The monoisotopic (exact) mass is 285 g/mol. The molecule has 0 aliphatic carbocycles. The van der Waals surface area contributed by atoms with Crippen molar-refractivity contribution in [3.05, 3.63) is 35.4 Å². The topological polar surface area (TPSA) is 66.4 Å². The van der Waals surface area contributed by atoms with E-state index in [9.17, 15) is 18.4 Å². The Labute approximate surface area is 115 Å². The molecule has 20 heavy (non-hydrogen) atoms. The molecule has 0 aliphatic heterocycles. The lowest BCUT2D eigenvalue weighted by Crippen LogP contribution is -2.41. The summed E-state index contributed by atoms with van der Waals surface area (Å²) in [4.78, 5) is 22.5. The molecular formula is C14H17F2NO3. The molecule has 0 bridgehead atoms. The summed E-state index contributed by atoms with van der Waals surface area (Å²) >= 11 is 0. The van der Waals surface area contributed by atoms with Gasteiger partial charge in [0, 0.05) is 11.6 Å². The predicted octanol–water partition coefficient (Wildman–Crippen LogP) is 2.12. The minimum absolute atomic E-state index is 0.0967. The minimum atomic E-state index is -1.04. The van der Waals surface area contributed by atoms with Crippen molar-refractivity contribution in [2.24, 2.45) is 5.92 Å². The average Bonchev–Trinajstić information content (AvgIpc) is 2.32. The molecule has 0 radical (unpaired) electrons. The van der Waals surface area contributed by atoms with Crippen LogP contribution in [0, 0.1) is 17.6 Å². The van der Waals surface area contributed by atoms with E-state index in [1.54, 1.807) is 13.8 Å². The summed E-state index contributed by atoms with van der Waals surface area (Å²) in [5.74, 6) is -3.32. The number of carbonyl (C=O) groups is 2. The highest BCUT2D eigenvalue weighted by molar-refractivity contribution is 5.79. The standard InChI is InChI=1S/C14H17F2NO3/c1-8(2)12(7-14(19)20)17-13(18)6-9-10(15)4-3-5-11(9)16/h3-5,8,12H,6-7H2,1-2H3,(H,17,18)(H,19,20). The smallest absolute Gasteiger partial charge is 0.305 e. The molecule has 0 aromatic heterocycles. The summed E-state index contributed by atoms with van der Waals surface area (Å²) < 4.78 is 26.8. The van der Waals surface area contributed by atoms with E-state index >= 15 is 0 Å². The number of carboxylic acid groups (broad SMARTS) is 1. The number of benzene rings is 1. The Morgan fingerprint density at radius 2 is 1.80 bits per heavy atom. The van der Waals surface area contributed by atoms with Gasteiger partial charge in [0.05, 0.1) is 12.8 Å². The van der Waals surface area contributed by atoms with E-state index in [-0.39, 0.29) is 17.9 Å². The van der Waals surface area contributed by atoms with Crippen molar-refractivity contribution in [2.75, 3.05) is 0 Å². The molecule has 0 heterocycles. The summed E-state index contributed by atoms with van der Waals surface area (Å²) in [5.41, 5.74) is -0.317. The number of hydrogen-bond donors (Lipinski definition) is 2. The van der Waals surface area contributed by atoms with Gasteiger partial charge in [-0.3, -0.25) is 9.59 Å². The van der Waals surface area contributed by atoms with E-state index in [2.05, 4.69) is 5.32 Å². The maximum absolute atomic E-state index is 13.4. The quantitative estimate of drug-likeness (QED) is 0.841. The Bertz CT molecular complexity index is 483. The third kappa shape index (κ3) is 4.60. The number of aliphatic carboxylic acids is 1. The Morgan fingerprint density at radius 3 is 2.25 bits per heavy atom. The van der Waals surface area contributed by atoms with Gasteiger partial charge in [-0.05, 0) is 18.1 Å². The third-order valence-electron chi connectivity index (χ3n) is 2.94. The molecule has 1 rings (SSSR count). The molecule has 4 nitrogen and oxygen atoms in total. The number of amides is 1. The number of hydrogen-bond acceptors (Lipinski definition) is 2. The fourth-order valence-electron chi connectivity index (χ4n) is 1.76. The SMILES string of the molecule is CC(C)C(CC(=O)O)NC(=O)Cc1c(F)cccc1F. The van der Waals surface area contributed by atoms with Gasteiger partial charge in [0.2, 0.25) is 5.91 Å². The highest BCUT2D eigenvalue weighted by Crippen LogP contribution is 2.13. The second-order valence-electron chi connectivity index (χ2n) is 4.89. The number of halogens is 2. The fraction of sp³-hybridized carbons (Fsp3) is 0.429. The summed E-state index contributed by atoms with van der Waals surface area (Å²) in [6.07, 6.45) is -0.690. The van der Waals surface area contributed by atoms with E-state index in [1.165, 1.54) is 6.07 Å². The summed E-state index contributed by atoms with van der Waals surface area (Å²) in [6.45, 7) is 3.52. The van der Waals surface area contributed by atoms with Gasteiger partial charge in [-0.15, -0.1) is 0 Å². The van der Waals surface area contributed by atoms with Crippen LogP contribution >= 0.6 is 0 Å². The molecule has 1 atom stereocenters. The molecule has 110 valence electrons. The molecule has 1 aromatic rings. The molecule has 0 fully saturated rings. The molecular weight excluding hydrogens is 268 g/mol. The number of carboxylic acids is 1. The van der Waals surface area contributed by atoms with E-state index in [0.717, 1.165) is 12.1 Å². The van der Waals surface area contributed by atoms with Gasteiger partial charge in [-0.2, -0.15) is 0 Å². The highest BCUT2D eigenvalue weighted by Gasteiger charge is 2.21. The molecule has 2 N–H and O–H groups in total. The predicted molar refractivity (Wildman–Crippen MR) is 69.1 cm³/mol. The number of carbonyl (C=O) groups excluding carboxylic acids is 1. The largest absolute Gasteiger partial charge is 0.481 e. The second-order valence-corrected chi connectivity index (χ2v) is 4.89. The van der Waals surface area contributed by atoms with Crippen molar-refractivity contribution in [1.82, 2.24) is 5.32 Å². The first-order valence-electron chi connectivity index (χ1n) is 6.25. The Hall–Kier alpha value is -1.98. The van der Waals surface area contributed by atoms with Crippen LogP contribution in [0.15, 0.2) is 18.2 Å². The second kappa shape index (κ2) is 6.98. The average molecular weight is 285 g/mol. The molecule has 1 aromatic carbocycles.